The molecule has 4 aromatic rings. The van der Waals surface area contributed by atoms with Crippen LogP contribution in [0.5, 0.6) is 0 Å². The Morgan fingerprint density at radius 2 is 1.58 bits per heavy atom. The Morgan fingerprint density at radius 1 is 0.871 bits per heavy atom. The van der Waals surface area contributed by atoms with E-state index in [1.165, 1.54) is 29.5 Å². The highest BCUT2D eigenvalue weighted by molar-refractivity contribution is 8.93. The molecule has 160 valence electrons. The molecule has 0 saturated carbocycles. The van der Waals surface area contributed by atoms with Crippen molar-refractivity contribution in [3.8, 4) is 11.3 Å². The van der Waals surface area contributed by atoms with Crippen LogP contribution in [0, 0.1) is 5.82 Å². The molecule has 0 aliphatic carbocycles. The zero-order chi connectivity index (χ0) is 21.1. The molecule has 0 aliphatic rings. The summed E-state index contributed by atoms with van der Waals surface area (Å²) in [7, 11) is 0. The average Bonchev–Trinajstić information content (AvgIpc) is 3.11. The maximum atomic E-state index is 13.4. The summed E-state index contributed by atoms with van der Waals surface area (Å²) in [6.07, 6.45) is -4.43. The van der Waals surface area contributed by atoms with Crippen LogP contribution in [0.4, 0.5) is 23.2 Å². The third-order valence-corrected chi connectivity index (χ3v) is 5.38. The van der Waals surface area contributed by atoms with Crippen LogP contribution < -0.4 is 4.80 Å². The summed E-state index contributed by atoms with van der Waals surface area (Å²) in [6, 6.07) is 20.7. The lowest BCUT2D eigenvalue weighted by Crippen LogP contribution is -2.16. The topological polar surface area (TPSA) is 17.3 Å². The van der Waals surface area contributed by atoms with Crippen molar-refractivity contribution in [2.45, 2.75) is 12.7 Å². The number of thiazole rings is 1. The van der Waals surface area contributed by atoms with Crippen molar-refractivity contribution in [2.24, 2.45) is 4.99 Å². The van der Waals surface area contributed by atoms with E-state index in [0.29, 0.717) is 11.3 Å². The number of aromatic nitrogens is 1. The number of nitrogens with zero attached hydrogens (tertiary/aromatic N) is 2. The highest BCUT2D eigenvalue weighted by Gasteiger charge is 2.30. The Balaban J connectivity index is 0.00000272. The first kappa shape index (κ1) is 23.0. The molecule has 1 aromatic heterocycles. The molecule has 1 heterocycles. The van der Waals surface area contributed by atoms with Gasteiger partial charge in [-0.1, -0.05) is 36.4 Å². The van der Waals surface area contributed by atoms with Gasteiger partial charge in [-0.2, -0.15) is 13.2 Å². The molecule has 0 saturated heterocycles. The Morgan fingerprint density at radius 3 is 2.26 bits per heavy atom. The molecule has 31 heavy (non-hydrogen) atoms. The molecule has 4 rings (SSSR count). The third-order valence-electron chi connectivity index (χ3n) is 4.52. The highest BCUT2D eigenvalue weighted by Crippen LogP contribution is 2.31. The van der Waals surface area contributed by atoms with Crippen LogP contribution in [-0.4, -0.2) is 4.57 Å². The van der Waals surface area contributed by atoms with Gasteiger partial charge in [0.2, 0.25) is 0 Å². The molecule has 0 N–H and O–H groups in total. The summed E-state index contributed by atoms with van der Waals surface area (Å²) in [6.45, 7) is 0.481. The summed E-state index contributed by atoms with van der Waals surface area (Å²) >= 11 is 1.32. The van der Waals surface area contributed by atoms with Gasteiger partial charge in [0.1, 0.15) is 5.82 Å². The van der Waals surface area contributed by atoms with Crippen LogP contribution in [0.3, 0.4) is 0 Å². The quantitative estimate of drug-likeness (QED) is 0.258. The zero-order valence-electron chi connectivity index (χ0n) is 16.0. The molecule has 3 aromatic carbocycles. The SMILES string of the molecule is Br.Fc1ccc(-c2csc(=Nc3cccc(C(F)(F)F)c3)n2Cc2ccccc2)cc1. The second-order valence-electron chi connectivity index (χ2n) is 6.64. The Bertz CT molecular complexity index is 1210. The predicted molar refractivity (Wildman–Crippen MR) is 120 cm³/mol. The summed E-state index contributed by atoms with van der Waals surface area (Å²) in [5.74, 6) is -0.336. The van der Waals surface area contributed by atoms with Gasteiger partial charge in [0.05, 0.1) is 23.5 Å². The lowest BCUT2D eigenvalue weighted by atomic mass is 10.1. The van der Waals surface area contributed by atoms with Crippen LogP contribution in [0.1, 0.15) is 11.1 Å². The van der Waals surface area contributed by atoms with Gasteiger partial charge in [-0.3, -0.25) is 0 Å². The summed E-state index contributed by atoms with van der Waals surface area (Å²) in [4.78, 5) is 5.04. The number of benzene rings is 3. The Hall–Kier alpha value is -2.71. The maximum Gasteiger partial charge on any atom is 0.416 e. The Kier molecular flexibility index (Phi) is 7.12. The summed E-state index contributed by atoms with van der Waals surface area (Å²) < 4.78 is 54.5. The van der Waals surface area contributed by atoms with Crippen molar-refractivity contribution >= 4 is 34.0 Å². The van der Waals surface area contributed by atoms with Crippen molar-refractivity contribution in [2.75, 3.05) is 0 Å². The molecule has 2 nitrogen and oxygen atoms in total. The number of halogens is 5. The van der Waals surface area contributed by atoms with Gasteiger partial charge in [0.25, 0.3) is 0 Å². The number of hydrogen-bond acceptors (Lipinski definition) is 2. The minimum Gasteiger partial charge on any atom is -0.312 e. The fourth-order valence-electron chi connectivity index (χ4n) is 3.05. The standard InChI is InChI=1S/C23H16F4N2S.BrH/c24-19-11-9-17(10-12-19)21-15-30-22(29(21)14-16-5-2-1-3-6-16)28-20-8-4-7-18(13-20)23(25,26)27;/h1-13,15H,14H2;1H. The normalized spacial score (nSPS) is 11.9. The largest absolute Gasteiger partial charge is 0.416 e. The zero-order valence-corrected chi connectivity index (χ0v) is 18.5. The number of alkyl halides is 3. The van der Waals surface area contributed by atoms with Crippen LogP contribution in [0.25, 0.3) is 11.3 Å². The monoisotopic (exact) mass is 508 g/mol. The third kappa shape index (κ3) is 5.51. The van der Waals surface area contributed by atoms with Gasteiger partial charge in [-0.05, 0) is 53.6 Å². The van der Waals surface area contributed by atoms with Crippen LogP contribution in [-0.2, 0) is 12.7 Å². The minimum atomic E-state index is -4.43. The second-order valence-corrected chi connectivity index (χ2v) is 7.48. The predicted octanol–water partition coefficient (Wildman–Crippen LogP) is 7.23. The lowest BCUT2D eigenvalue weighted by molar-refractivity contribution is -0.137. The van der Waals surface area contributed by atoms with E-state index < -0.39 is 11.7 Å². The first-order chi connectivity index (χ1) is 14.4. The van der Waals surface area contributed by atoms with E-state index in [1.807, 2.05) is 40.3 Å². The fraction of sp³-hybridized carbons (Fsp3) is 0.0870. The van der Waals surface area contributed by atoms with Gasteiger partial charge in [0, 0.05) is 5.38 Å². The van der Waals surface area contributed by atoms with Gasteiger partial charge in [-0.15, -0.1) is 28.3 Å². The molecule has 8 heteroatoms. The molecular weight excluding hydrogens is 492 g/mol. The highest BCUT2D eigenvalue weighted by atomic mass is 79.9. The van der Waals surface area contributed by atoms with Gasteiger partial charge in [0.15, 0.2) is 4.80 Å². The number of rotatable bonds is 4. The van der Waals surface area contributed by atoms with Gasteiger partial charge in [-0.25, -0.2) is 9.38 Å². The molecule has 0 unspecified atom stereocenters. The smallest absolute Gasteiger partial charge is 0.312 e. The van der Waals surface area contributed by atoms with Gasteiger partial charge >= 0.3 is 6.18 Å². The van der Waals surface area contributed by atoms with Crippen LogP contribution >= 0.6 is 28.3 Å². The average molecular weight is 509 g/mol. The van der Waals surface area contributed by atoms with E-state index in [9.17, 15) is 17.6 Å². The van der Waals surface area contributed by atoms with Crippen molar-refractivity contribution in [1.29, 1.82) is 0 Å². The minimum absolute atomic E-state index is 0. The van der Waals surface area contributed by atoms with Crippen LogP contribution in [0.15, 0.2) is 89.2 Å². The molecule has 0 atom stereocenters. The molecule has 0 aliphatic heterocycles. The lowest BCUT2D eigenvalue weighted by Gasteiger charge is -2.10. The molecule has 0 spiro atoms. The molecule has 0 bridgehead atoms. The molecular formula is C23H17BrF4N2S. The van der Waals surface area contributed by atoms with E-state index >= 15 is 0 Å². The first-order valence-electron chi connectivity index (χ1n) is 9.10. The van der Waals surface area contributed by atoms with Crippen molar-refractivity contribution in [3.05, 3.63) is 106 Å². The second kappa shape index (κ2) is 9.62. The van der Waals surface area contributed by atoms with Crippen molar-refractivity contribution in [1.82, 2.24) is 4.57 Å². The molecule has 0 amide bonds. The van der Waals surface area contributed by atoms with Crippen molar-refractivity contribution in [3.63, 3.8) is 0 Å². The van der Waals surface area contributed by atoms with E-state index in [-0.39, 0.29) is 28.5 Å². The van der Waals surface area contributed by atoms with E-state index in [4.69, 9.17) is 0 Å². The van der Waals surface area contributed by atoms with Gasteiger partial charge < -0.3 is 4.57 Å². The Labute approximate surface area is 190 Å². The molecule has 0 fully saturated rings. The van der Waals surface area contributed by atoms with Crippen molar-refractivity contribution < 1.29 is 17.6 Å². The summed E-state index contributed by atoms with van der Waals surface area (Å²) in [5, 5.41) is 1.88. The number of hydrogen-bond donors (Lipinski definition) is 0. The van der Waals surface area contributed by atoms with E-state index in [2.05, 4.69) is 4.99 Å². The first-order valence-corrected chi connectivity index (χ1v) is 9.98. The summed E-state index contributed by atoms with van der Waals surface area (Å²) in [5.41, 5.74) is 2.11. The van der Waals surface area contributed by atoms with E-state index in [0.717, 1.165) is 29.0 Å². The van der Waals surface area contributed by atoms with Crippen LogP contribution in [0.2, 0.25) is 0 Å². The fourth-order valence-corrected chi connectivity index (χ4v) is 3.98. The maximum absolute atomic E-state index is 13.4. The van der Waals surface area contributed by atoms with E-state index in [1.54, 1.807) is 18.2 Å². The molecule has 0 radical (unpaired) electrons.